The molecule has 2 aromatic rings. The minimum absolute atomic E-state index is 0.741. The highest BCUT2D eigenvalue weighted by Gasteiger charge is 2.19. The molecule has 0 aromatic heterocycles. The van der Waals surface area contributed by atoms with E-state index in [0.29, 0.717) is 0 Å². The largest absolute Gasteiger partial charge is 0.493 e. The third-order valence-corrected chi connectivity index (χ3v) is 4.29. The molecule has 23 heavy (non-hydrogen) atoms. The molecule has 1 aliphatic heterocycles. The molecule has 0 unspecified atom stereocenters. The van der Waals surface area contributed by atoms with Crippen molar-refractivity contribution in [2.75, 3.05) is 20.8 Å². The molecule has 0 fully saturated rings. The highest BCUT2D eigenvalue weighted by molar-refractivity contribution is 5.43. The van der Waals surface area contributed by atoms with Crippen molar-refractivity contribution in [1.82, 2.24) is 4.90 Å². The van der Waals surface area contributed by atoms with Crippen LogP contribution in [-0.4, -0.2) is 25.7 Å². The molecule has 0 bridgehead atoms. The van der Waals surface area contributed by atoms with Crippen LogP contribution in [0.3, 0.4) is 0 Å². The van der Waals surface area contributed by atoms with Crippen LogP contribution in [-0.2, 0) is 19.5 Å². The van der Waals surface area contributed by atoms with Crippen LogP contribution >= 0.6 is 0 Å². The molecule has 2 aromatic carbocycles. The van der Waals surface area contributed by atoms with Crippen LogP contribution in [0.4, 0.5) is 0 Å². The zero-order valence-electron chi connectivity index (χ0n) is 13.5. The van der Waals surface area contributed by atoms with E-state index in [1.54, 1.807) is 14.2 Å². The molecule has 0 radical (unpaired) electrons. The van der Waals surface area contributed by atoms with Gasteiger partial charge in [0.1, 0.15) is 0 Å². The quantitative estimate of drug-likeness (QED) is 0.851. The standard InChI is InChI=1S/C19H20N2O2/c1-22-18-6-4-14(10-19(18)23-2)7-8-21-12-16-5-3-15(11-20)9-17(16)13-21/h3-6,9-10H,7-8,12-13H2,1-2H3. The van der Waals surface area contributed by atoms with Gasteiger partial charge in [-0.05, 0) is 47.4 Å². The monoisotopic (exact) mass is 308 g/mol. The fraction of sp³-hybridized carbons (Fsp3) is 0.316. The van der Waals surface area contributed by atoms with Gasteiger partial charge < -0.3 is 9.47 Å². The molecular weight excluding hydrogens is 288 g/mol. The van der Waals surface area contributed by atoms with Crippen LogP contribution in [0, 0.1) is 11.3 Å². The molecule has 0 aliphatic carbocycles. The van der Waals surface area contributed by atoms with Gasteiger partial charge in [-0.15, -0.1) is 0 Å². The van der Waals surface area contributed by atoms with Crippen molar-refractivity contribution >= 4 is 0 Å². The maximum absolute atomic E-state index is 8.99. The van der Waals surface area contributed by atoms with Crippen molar-refractivity contribution in [1.29, 1.82) is 5.26 Å². The van der Waals surface area contributed by atoms with Crippen LogP contribution < -0.4 is 9.47 Å². The van der Waals surface area contributed by atoms with E-state index in [2.05, 4.69) is 23.1 Å². The molecule has 1 aliphatic rings. The minimum atomic E-state index is 0.741. The van der Waals surface area contributed by atoms with Gasteiger partial charge in [-0.25, -0.2) is 0 Å². The predicted octanol–water partition coefficient (Wildman–Crippen LogP) is 3.13. The van der Waals surface area contributed by atoms with Gasteiger partial charge in [-0.3, -0.25) is 4.90 Å². The van der Waals surface area contributed by atoms with Gasteiger partial charge in [0.2, 0.25) is 0 Å². The second-order valence-corrected chi connectivity index (χ2v) is 5.75. The summed E-state index contributed by atoms with van der Waals surface area (Å²) in [5.74, 6) is 1.53. The molecule has 4 nitrogen and oxygen atoms in total. The molecule has 1 heterocycles. The first-order valence-corrected chi connectivity index (χ1v) is 7.68. The van der Waals surface area contributed by atoms with Gasteiger partial charge in [-0.1, -0.05) is 12.1 Å². The van der Waals surface area contributed by atoms with Crippen molar-refractivity contribution in [3.05, 3.63) is 58.7 Å². The zero-order chi connectivity index (χ0) is 16.2. The van der Waals surface area contributed by atoms with Gasteiger partial charge in [0, 0.05) is 19.6 Å². The van der Waals surface area contributed by atoms with Crippen molar-refractivity contribution < 1.29 is 9.47 Å². The van der Waals surface area contributed by atoms with Gasteiger partial charge in [0.05, 0.1) is 25.9 Å². The Kier molecular flexibility index (Phi) is 4.50. The summed E-state index contributed by atoms with van der Waals surface area (Å²) < 4.78 is 10.6. The van der Waals surface area contributed by atoms with Gasteiger partial charge in [-0.2, -0.15) is 5.26 Å². The van der Waals surface area contributed by atoms with Gasteiger partial charge in [0.25, 0.3) is 0 Å². The first-order valence-electron chi connectivity index (χ1n) is 7.68. The summed E-state index contributed by atoms with van der Waals surface area (Å²) in [6.45, 7) is 2.85. The normalized spacial score (nSPS) is 13.4. The Hall–Kier alpha value is -2.51. The van der Waals surface area contributed by atoms with Crippen LogP contribution in [0.25, 0.3) is 0 Å². The summed E-state index contributed by atoms with van der Waals surface area (Å²) >= 11 is 0. The highest BCUT2D eigenvalue weighted by Crippen LogP contribution is 2.28. The minimum Gasteiger partial charge on any atom is -0.493 e. The average Bonchev–Trinajstić information content (AvgIpc) is 3.01. The fourth-order valence-electron chi connectivity index (χ4n) is 3.02. The van der Waals surface area contributed by atoms with Crippen molar-refractivity contribution in [2.45, 2.75) is 19.5 Å². The Bertz CT molecular complexity index is 750. The molecule has 118 valence electrons. The SMILES string of the molecule is COc1ccc(CCN2Cc3ccc(C#N)cc3C2)cc1OC. The number of nitriles is 1. The van der Waals surface area contributed by atoms with Crippen molar-refractivity contribution in [2.24, 2.45) is 0 Å². The Morgan fingerprint density at radius 3 is 2.52 bits per heavy atom. The van der Waals surface area contributed by atoms with E-state index in [9.17, 15) is 0 Å². The van der Waals surface area contributed by atoms with E-state index in [-0.39, 0.29) is 0 Å². The predicted molar refractivity (Wildman–Crippen MR) is 88.5 cm³/mol. The lowest BCUT2D eigenvalue weighted by Crippen LogP contribution is -2.19. The van der Waals surface area contributed by atoms with E-state index in [1.165, 1.54) is 16.7 Å². The van der Waals surface area contributed by atoms with E-state index < -0.39 is 0 Å². The van der Waals surface area contributed by atoms with E-state index in [0.717, 1.165) is 43.1 Å². The molecule has 0 saturated carbocycles. The van der Waals surface area contributed by atoms with Crippen molar-refractivity contribution in [3.8, 4) is 17.6 Å². The van der Waals surface area contributed by atoms with E-state index in [4.69, 9.17) is 14.7 Å². The van der Waals surface area contributed by atoms with Crippen molar-refractivity contribution in [3.63, 3.8) is 0 Å². The molecule has 0 N–H and O–H groups in total. The summed E-state index contributed by atoms with van der Waals surface area (Å²) in [7, 11) is 3.31. The second-order valence-electron chi connectivity index (χ2n) is 5.75. The maximum Gasteiger partial charge on any atom is 0.160 e. The summed E-state index contributed by atoms with van der Waals surface area (Å²) in [6.07, 6.45) is 0.958. The number of hydrogen-bond acceptors (Lipinski definition) is 4. The fourth-order valence-corrected chi connectivity index (χ4v) is 3.02. The Morgan fingerprint density at radius 2 is 1.78 bits per heavy atom. The lowest BCUT2D eigenvalue weighted by Gasteiger charge is -2.15. The molecular formula is C19H20N2O2. The van der Waals surface area contributed by atoms with Crippen LogP contribution in [0.2, 0.25) is 0 Å². The molecule has 0 amide bonds. The molecule has 0 atom stereocenters. The lowest BCUT2D eigenvalue weighted by atomic mass is 10.1. The zero-order valence-corrected chi connectivity index (χ0v) is 13.5. The Labute approximate surface area is 136 Å². The lowest BCUT2D eigenvalue weighted by molar-refractivity contribution is 0.287. The van der Waals surface area contributed by atoms with Gasteiger partial charge in [0.15, 0.2) is 11.5 Å². The molecule has 4 heteroatoms. The summed E-state index contributed by atoms with van der Waals surface area (Å²) in [5.41, 5.74) is 4.58. The molecule has 0 spiro atoms. The number of ether oxygens (including phenoxy) is 2. The third kappa shape index (κ3) is 3.30. The smallest absolute Gasteiger partial charge is 0.160 e. The summed E-state index contributed by atoms with van der Waals surface area (Å²) in [6, 6.07) is 14.3. The van der Waals surface area contributed by atoms with Crippen LogP contribution in [0.1, 0.15) is 22.3 Å². The number of benzene rings is 2. The number of nitrogens with zero attached hydrogens (tertiary/aromatic N) is 2. The average molecular weight is 308 g/mol. The Balaban J connectivity index is 1.63. The molecule has 3 rings (SSSR count). The second kappa shape index (κ2) is 6.72. The van der Waals surface area contributed by atoms with Crippen LogP contribution in [0.5, 0.6) is 11.5 Å². The molecule has 0 saturated heterocycles. The first kappa shape index (κ1) is 15.4. The van der Waals surface area contributed by atoms with Gasteiger partial charge >= 0.3 is 0 Å². The topological polar surface area (TPSA) is 45.5 Å². The maximum atomic E-state index is 8.99. The van der Waals surface area contributed by atoms with E-state index in [1.807, 2.05) is 24.3 Å². The first-order chi connectivity index (χ1) is 11.2. The Morgan fingerprint density at radius 1 is 1.00 bits per heavy atom. The number of hydrogen-bond donors (Lipinski definition) is 0. The van der Waals surface area contributed by atoms with E-state index >= 15 is 0 Å². The number of rotatable bonds is 5. The summed E-state index contributed by atoms with van der Waals surface area (Å²) in [4.78, 5) is 2.41. The highest BCUT2D eigenvalue weighted by atomic mass is 16.5. The number of methoxy groups -OCH3 is 2. The third-order valence-electron chi connectivity index (χ3n) is 4.29. The van der Waals surface area contributed by atoms with Crippen LogP contribution in [0.15, 0.2) is 36.4 Å². The number of fused-ring (bicyclic) bond motifs is 1. The summed E-state index contributed by atoms with van der Waals surface area (Å²) in [5, 5.41) is 8.99.